The van der Waals surface area contributed by atoms with E-state index in [0.717, 1.165) is 6.54 Å². The third kappa shape index (κ3) is 5.27. The van der Waals surface area contributed by atoms with E-state index in [2.05, 4.69) is 20.9 Å². The van der Waals surface area contributed by atoms with Gasteiger partial charge in [0, 0.05) is 25.4 Å². The highest BCUT2D eigenvalue weighted by Gasteiger charge is 2.22. The van der Waals surface area contributed by atoms with Crippen molar-refractivity contribution >= 4 is 40.7 Å². The average Bonchev–Trinajstić information content (AvgIpc) is 3.22. The van der Waals surface area contributed by atoms with E-state index in [4.69, 9.17) is 9.15 Å². The number of aromatic nitrogens is 1. The highest BCUT2D eigenvalue weighted by Crippen LogP contribution is 2.26. The first-order valence-electron chi connectivity index (χ1n) is 7.54. The molecule has 10 heteroatoms. The third-order valence-corrected chi connectivity index (χ3v) is 4.14. The lowest BCUT2D eigenvalue weighted by Crippen LogP contribution is -2.45. The van der Waals surface area contributed by atoms with Gasteiger partial charge in [-0.25, -0.2) is 4.98 Å². The Balaban J connectivity index is 0.00000225. The van der Waals surface area contributed by atoms with Gasteiger partial charge < -0.3 is 19.8 Å². The van der Waals surface area contributed by atoms with Crippen LogP contribution in [0.5, 0.6) is 0 Å². The lowest BCUT2D eigenvalue weighted by molar-refractivity contribution is -0.128. The SMILES string of the molecule is CC(=O)NCc1ccc(-c2csc(NC(=O)C3CNCCO3)n2)o1.Cl. The van der Waals surface area contributed by atoms with Crippen LogP contribution in [0.1, 0.15) is 12.7 Å². The molecular weight excluding hydrogens is 368 g/mol. The van der Waals surface area contributed by atoms with Crippen LogP contribution in [0.15, 0.2) is 21.9 Å². The fraction of sp³-hybridized carbons (Fsp3) is 0.400. The summed E-state index contributed by atoms with van der Waals surface area (Å²) in [5, 5.41) is 10.8. The molecular formula is C15H19ClN4O4S. The van der Waals surface area contributed by atoms with Gasteiger partial charge in [0.2, 0.25) is 5.91 Å². The first kappa shape index (κ1) is 19.4. The van der Waals surface area contributed by atoms with Gasteiger partial charge in [0.25, 0.3) is 5.91 Å². The van der Waals surface area contributed by atoms with Crippen molar-refractivity contribution in [1.29, 1.82) is 0 Å². The average molecular weight is 387 g/mol. The molecule has 3 heterocycles. The Bertz CT molecular complexity index is 727. The number of hydrogen-bond acceptors (Lipinski definition) is 7. The van der Waals surface area contributed by atoms with E-state index >= 15 is 0 Å². The summed E-state index contributed by atoms with van der Waals surface area (Å²) in [6, 6.07) is 3.57. The van der Waals surface area contributed by atoms with Crippen LogP contribution >= 0.6 is 23.7 Å². The molecule has 1 unspecified atom stereocenters. The van der Waals surface area contributed by atoms with Crippen LogP contribution in [0.25, 0.3) is 11.5 Å². The summed E-state index contributed by atoms with van der Waals surface area (Å²) < 4.78 is 11.0. The van der Waals surface area contributed by atoms with Crippen molar-refractivity contribution in [3.63, 3.8) is 0 Å². The Morgan fingerprint density at radius 1 is 1.44 bits per heavy atom. The van der Waals surface area contributed by atoms with Crippen molar-refractivity contribution in [3.05, 3.63) is 23.3 Å². The molecule has 0 spiro atoms. The maximum absolute atomic E-state index is 12.1. The number of anilines is 1. The van der Waals surface area contributed by atoms with Crippen LogP contribution in [0.4, 0.5) is 5.13 Å². The number of furan rings is 1. The maximum atomic E-state index is 12.1. The van der Waals surface area contributed by atoms with Crippen LogP contribution in [-0.2, 0) is 20.9 Å². The smallest absolute Gasteiger partial charge is 0.256 e. The number of amides is 2. The second-order valence-corrected chi connectivity index (χ2v) is 6.12. The molecule has 0 aliphatic carbocycles. The second-order valence-electron chi connectivity index (χ2n) is 5.27. The number of carbonyl (C=O) groups excluding carboxylic acids is 2. The van der Waals surface area contributed by atoms with Crippen LogP contribution in [-0.4, -0.2) is 42.6 Å². The minimum Gasteiger partial charge on any atom is -0.458 e. The van der Waals surface area contributed by atoms with Gasteiger partial charge in [-0.15, -0.1) is 23.7 Å². The van der Waals surface area contributed by atoms with Gasteiger partial charge in [0.15, 0.2) is 10.9 Å². The topological polar surface area (TPSA) is 105 Å². The van der Waals surface area contributed by atoms with Crippen molar-refractivity contribution < 1.29 is 18.7 Å². The minimum absolute atomic E-state index is 0. The Morgan fingerprint density at radius 3 is 3.00 bits per heavy atom. The number of ether oxygens (including phenoxy) is 1. The molecule has 25 heavy (non-hydrogen) atoms. The van der Waals surface area contributed by atoms with E-state index in [1.165, 1.54) is 18.3 Å². The molecule has 0 aromatic carbocycles. The molecule has 1 aliphatic heterocycles. The first-order chi connectivity index (χ1) is 11.6. The van der Waals surface area contributed by atoms with Crippen LogP contribution in [0.2, 0.25) is 0 Å². The van der Waals surface area contributed by atoms with Gasteiger partial charge in [0.05, 0.1) is 13.2 Å². The number of carbonyl (C=O) groups is 2. The molecule has 0 saturated carbocycles. The third-order valence-electron chi connectivity index (χ3n) is 3.38. The molecule has 1 saturated heterocycles. The number of nitrogens with zero attached hydrogens (tertiary/aromatic N) is 1. The van der Waals surface area contributed by atoms with Crippen molar-refractivity contribution in [3.8, 4) is 11.5 Å². The molecule has 1 atom stereocenters. The Hall–Kier alpha value is -1.94. The molecule has 2 aromatic rings. The van der Waals surface area contributed by atoms with Crippen molar-refractivity contribution in [2.24, 2.45) is 0 Å². The number of rotatable bonds is 5. The van der Waals surface area contributed by atoms with Gasteiger partial charge in [-0.05, 0) is 12.1 Å². The van der Waals surface area contributed by atoms with Crippen molar-refractivity contribution in [2.45, 2.75) is 19.6 Å². The van der Waals surface area contributed by atoms with E-state index in [0.29, 0.717) is 42.0 Å². The molecule has 0 radical (unpaired) electrons. The predicted molar refractivity (Wildman–Crippen MR) is 95.8 cm³/mol. The van der Waals surface area contributed by atoms with Crippen LogP contribution in [0.3, 0.4) is 0 Å². The Kier molecular flexibility index (Phi) is 6.94. The molecule has 2 aromatic heterocycles. The summed E-state index contributed by atoms with van der Waals surface area (Å²) in [6.45, 7) is 3.55. The Morgan fingerprint density at radius 2 is 2.28 bits per heavy atom. The summed E-state index contributed by atoms with van der Waals surface area (Å²) >= 11 is 1.32. The van der Waals surface area contributed by atoms with Crippen molar-refractivity contribution in [1.82, 2.24) is 15.6 Å². The number of nitrogens with one attached hydrogen (secondary N) is 3. The molecule has 136 valence electrons. The number of thiazole rings is 1. The summed E-state index contributed by atoms with van der Waals surface area (Å²) in [5.74, 6) is 0.892. The molecule has 3 rings (SSSR count). The Labute approximate surface area is 154 Å². The second kappa shape index (κ2) is 8.95. The highest BCUT2D eigenvalue weighted by molar-refractivity contribution is 7.14. The molecule has 0 bridgehead atoms. The van der Waals surface area contributed by atoms with Crippen LogP contribution in [0, 0.1) is 0 Å². The standard InChI is InChI=1S/C15H18N4O4S.ClH/c1-9(20)17-6-10-2-3-12(23-10)11-8-24-15(18-11)19-14(21)13-7-16-4-5-22-13;/h2-3,8,13,16H,4-7H2,1H3,(H,17,20)(H,18,19,21);1H. The fourth-order valence-corrected chi connectivity index (χ4v) is 2.89. The normalized spacial score (nSPS) is 16.8. The van der Waals surface area contributed by atoms with E-state index in [1.54, 1.807) is 17.5 Å². The number of halogens is 1. The maximum Gasteiger partial charge on any atom is 0.256 e. The van der Waals surface area contributed by atoms with Gasteiger partial charge in [0.1, 0.15) is 17.6 Å². The van der Waals surface area contributed by atoms with E-state index < -0.39 is 6.10 Å². The quantitative estimate of drug-likeness (QED) is 0.717. The van der Waals surface area contributed by atoms with Gasteiger partial charge in [-0.1, -0.05) is 0 Å². The van der Waals surface area contributed by atoms with Crippen LogP contribution < -0.4 is 16.0 Å². The van der Waals surface area contributed by atoms with Gasteiger partial charge in [-0.3, -0.25) is 14.9 Å². The molecule has 1 fully saturated rings. The molecule has 8 nitrogen and oxygen atoms in total. The number of hydrogen-bond donors (Lipinski definition) is 3. The van der Waals surface area contributed by atoms with E-state index in [1.807, 2.05) is 0 Å². The number of morpholine rings is 1. The lowest BCUT2D eigenvalue weighted by atomic mass is 10.3. The van der Waals surface area contributed by atoms with E-state index in [-0.39, 0.29) is 24.2 Å². The highest BCUT2D eigenvalue weighted by atomic mass is 35.5. The van der Waals surface area contributed by atoms with E-state index in [9.17, 15) is 9.59 Å². The van der Waals surface area contributed by atoms with Gasteiger partial charge in [-0.2, -0.15) is 0 Å². The zero-order chi connectivity index (χ0) is 16.9. The first-order valence-corrected chi connectivity index (χ1v) is 8.42. The summed E-state index contributed by atoms with van der Waals surface area (Å²) in [6.07, 6.45) is -0.501. The zero-order valence-corrected chi connectivity index (χ0v) is 15.2. The predicted octanol–water partition coefficient (Wildman–Crippen LogP) is 1.39. The largest absolute Gasteiger partial charge is 0.458 e. The summed E-state index contributed by atoms with van der Waals surface area (Å²) in [4.78, 5) is 27.4. The van der Waals surface area contributed by atoms with Gasteiger partial charge >= 0.3 is 0 Å². The summed E-state index contributed by atoms with van der Waals surface area (Å²) in [7, 11) is 0. The van der Waals surface area contributed by atoms with Crippen molar-refractivity contribution in [2.75, 3.05) is 25.0 Å². The minimum atomic E-state index is -0.501. The molecule has 3 N–H and O–H groups in total. The molecule has 1 aliphatic rings. The zero-order valence-electron chi connectivity index (χ0n) is 13.5. The fourth-order valence-electron chi connectivity index (χ4n) is 2.19. The monoisotopic (exact) mass is 386 g/mol. The molecule has 2 amide bonds. The summed E-state index contributed by atoms with van der Waals surface area (Å²) in [5.41, 5.74) is 0.632. The lowest BCUT2D eigenvalue weighted by Gasteiger charge is -2.22.